The van der Waals surface area contributed by atoms with Crippen molar-refractivity contribution in [3.8, 4) is 11.5 Å². The predicted molar refractivity (Wildman–Crippen MR) is 99.7 cm³/mol. The Morgan fingerprint density at radius 3 is 2.89 bits per heavy atom. The van der Waals surface area contributed by atoms with Gasteiger partial charge in [0.05, 0.1) is 19.3 Å². The van der Waals surface area contributed by atoms with Crippen LogP contribution in [0.5, 0.6) is 11.5 Å². The highest BCUT2D eigenvalue weighted by Gasteiger charge is 2.57. The maximum absolute atomic E-state index is 13.8. The zero-order valence-corrected chi connectivity index (χ0v) is 15.1. The van der Waals surface area contributed by atoms with Gasteiger partial charge in [0.15, 0.2) is 0 Å². The fourth-order valence-electron chi connectivity index (χ4n) is 5.02. The monoisotopic (exact) mass is 363 g/mol. The first kappa shape index (κ1) is 15.5. The molecule has 0 bridgehead atoms. The van der Waals surface area contributed by atoms with Crippen molar-refractivity contribution < 1.29 is 19.0 Å². The molecule has 0 aromatic heterocycles. The molecule has 5 heteroatoms. The maximum Gasteiger partial charge on any atom is 0.245 e. The minimum absolute atomic E-state index is 0.108. The zero-order valence-electron chi connectivity index (χ0n) is 15.1. The average Bonchev–Trinajstić information content (AvgIpc) is 3.46. The van der Waals surface area contributed by atoms with E-state index in [1.165, 1.54) is 5.56 Å². The van der Waals surface area contributed by atoms with Crippen molar-refractivity contribution in [2.45, 2.75) is 30.8 Å². The SMILES string of the molecule is O=C1N(C[C@H]2CCCO2)c2ccccc2[C@@]12COc1cc3c(cc12)CCO3. The van der Waals surface area contributed by atoms with E-state index in [1.54, 1.807) is 0 Å². The summed E-state index contributed by atoms with van der Waals surface area (Å²) in [5.41, 5.74) is 3.44. The molecule has 0 radical (unpaired) electrons. The summed E-state index contributed by atoms with van der Waals surface area (Å²) < 4.78 is 17.6. The smallest absolute Gasteiger partial charge is 0.245 e. The van der Waals surface area contributed by atoms with Crippen LogP contribution in [0, 0.1) is 0 Å². The van der Waals surface area contributed by atoms with Crippen LogP contribution >= 0.6 is 0 Å². The molecule has 2 aromatic carbocycles. The fourth-order valence-corrected chi connectivity index (χ4v) is 5.02. The second kappa shape index (κ2) is 5.49. The number of hydrogen-bond acceptors (Lipinski definition) is 4. The lowest BCUT2D eigenvalue weighted by atomic mass is 9.76. The van der Waals surface area contributed by atoms with E-state index in [0.29, 0.717) is 19.8 Å². The van der Waals surface area contributed by atoms with Gasteiger partial charge in [-0.25, -0.2) is 0 Å². The zero-order chi connectivity index (χ0) is 18.0. The number of hydrogen-bond donors (Lipinski definition) is 0. The van der Waals surface area contributed by atoms with Crippen LogP contribution in [0.1, 0.15) is 29.5 Å². The van der Waals surface area contributed by atoms with E-state index < -0.39 is 5.41 Å². The van der Waals surface area contributed by atoms with Crippen molar-refractivity contribution in [3.05, 3.63) is 53.1 Å². The Balaban J connectivity index is 1.49. The summed E-state index contributed by atoms with van der Waals surface area (Å²) >= 11 is 0. The molecule has 6 rings (SSSR count). The molecule has 0 unspecified atom stereocenters. The number of amides is 1. The molecule has 1 saturated heterocycles. The molecule has 1 fully saturated rings. The summed E-state index contributed by atoms with van der Waals surface area (Å²) in [6.45, 7) is 2.45. The lowest BCUT2D eigenvalue weighted by molar-refractivity contribution is -0.122. The Bertz CT molecular complexity index is 949. The normalized spacial score (nSPS) is 27.5. The topological polar surface area (TPSA) is 48.0 Å². The van der Waals surface area contributed by atoms with Gasteiger partial charge in [0.2, 0.25) is 5.91 Å². The van der Waals surface area contributed by atoms with E-state index in [4.69, 9.17) is 14.2 Å². The van der Waals surface area contributed by atoms with Gasteiger partial charge in [-0.15, -0.1) is 0 Å². The molecule has 27 heavy (non-hydrogen) atoms. The van der Waals surface area contributed by atoms with Gasteiger partial charge < -0.3 is 19.1 Å². The van der Waals surface area contributed by atoms with Crippen molar-refractivity contribution in [2.24, 2.45) is 0 Å². The van der Waals surface area contributed by atoms with Crippen LogP contribution in [-0.4, -0.2) is 38.4 Å². The van der Waals surface area contributed by atoms with Crippen LogP contribution in [0.4, 0.5) is 5.69 Å². The van der Waals surface area contributed by atoms with E-state index in [0.717, 1.165) is 54.2 Å². The summed E-state index contributed by atoms with van der Waals surface area (Å²) in [6.07, 6.45) is 3.08. The molecule has 0 aliphatic carbocycles. The molecular formula is C22H21NO4. The van der Waals surface area contributed by atoms with Gasteiger partial charge in [0.25, 0.3) is 0 Å². The summed E-state index contributed by atoms with van der Waals surface area (Å²) in [7, 11) is 0. The van der Waals surface area contributed by atoms with Crippen LogP contribution in [0.2, 0.25) is 0 Å². The predicted octanol–water partition coefficient (Wildman–Crippen LogP) is 2.83. The Morgan fingerprint density at radius 1 is 1.07 bits per heavy atom. The summed E-state index contributed by atoms with van der Waals surface area (Å²) in [5, 5.41) is 0. The number of para-hydroxylation sites is 1. The molecule has 4 aliphatic heterocycles. The third kappa shape index (κ3) is 2.00. The van der Waals surface area contributed by atoms with Crippen molar-refractivity contribution in [1.82, 2.24) is 0 Å². The minimum Gasteiger partial charge on any atom is -0.493 e. The Hall–Kier alpha value is -2.53. The highest BCUT2D eigenvalue weighted by atomic mass is 16.5. The average molecular weight is 363 g/mol. The number of fused-ring (bicyclic) bond motifs is 5. The van der Waals surface area contributed by atoms with Crippen molar-refractivity contribution in [3.63, 3.8) is 0 Å². The van der Waals surface area contributed by atoms with Gasteiger partial charge >= 0.3 is 0 Å². The molecule has 4 aliphatic rings. The highest BCUT2D eigenvalue weighted by molar-refractivity contribution is 6.11. The lowest BCUT2D eigenvalue weighted by Gasteiger charge is -2.25. The van der Waals surface area contributed by atoms with Crippen molar-refractivity contribution in [1.29, 1.82) is 0 Å². The first-order valence-corrected chi connectivity index (χ1v) is 9.73. The second-order valence-corrected chi connectivity index (χ2v) is 7.82. The van der Waals surface area contributed by atoms with E-state index in [9.17, 15) is 4.79 Å². The Kier molecular flexibility index (Phi) is 3.15. The van der Waals surface area contributed by atoms with Crippen LogP contribution < -0.4 is 14.4 Å². The number of rotatable bonds is 2. The number of benzene rings is 2. The van der Waals surface area contributed by atoms with Crippen molar-refractivity contribution >= 4 is 11.6 Å². The van der Waals surface area contributed by atoms with Gasteiger partial charge in [0, 0.05) is 30.3 Å². The fraction of sp³-hybridized carbons (Fsp3) is 0.409. The van der Waals surface area contributed by atoms with E-state index >= 15 is 0 Å². The minimum atomic E-state index is -0.748. The van der Waals surface area contributed by atoms with E-state index in [-0.39, 0.29) is 12.0 Å². The molecule has 138 valence electrons. The molecule has 1 spiro atoms. The standard InChI is InChI=1S/C22H21NO4/c24-21-22(13-27-20-11-19-14(7-9-26-19)10-17(20)22)16-5-1-2-6-18(16)23(21)12-15-4-3-8-25-15/h1-2,5-6,10-11,15H,3-4,7-9,12-13H2/t15-,22-/m1/s1. The first-order valence-electron chi connectivity index (χ1n) is 9.73. The van der Waals surface area contributed by atoms with Crippen LogP contribution in [0.25, 0.3) is 0 Å². The van der Waals surface area contributed by atoms with Gasteiger partial charge in [-0.3, -0.25) is 4.79 Å². The van der Waals surface area contributed by atoms with Gasteiger partial charge in [0.1, 0.15) is 23.5 Å². The first-order chi connectivity index (χ1) is 13.3. The molecule has 5 nitrogen and oxygen atoms in total. The van der Waals surface area contributed by atoms with Crippen LogP contribution in [0.15, 0.2) is 36.4 Å². The maximum atomic E-state index is 13.8. The highest BCUT2D eigenvalue weighted by Crippen LogP contribution is 2.54. The second-order valence-electron chi connectivity index (χ2n) is 7.82. The molecule has 0 saturated carbocycles. The Labute approximate surface area is 157 Å². The van der Waals surface area contributed by atoms with E-state index in [1.807, 2.05) is 29.2 Å². The third-order valence-corrected chi connectivity index (χ3v) is 6.37. The third-order valence-electron chi connectivity index (χ3n) is 6.37. The van der Waals surface area contributed by atoms with Crippen molar-refractivity contribution in [2.75, 3.05) is 31.3 Å². The van der Waals surface area contributed by atoms with Crippen LogP contribution in [-0.2, 0) is 21.4 Å². The molecule has 4 heterocycles. The van der Waals surface area contributed by atoms with Gasteiger partial charge in [-0.05, 0) is 36.1 Å². The Morgan fingerprint density at radius 2 is 2.00 bits per heavy atom. The molecule has 2 aromatic rings. The number of anilines is 1. The number of carbonyl (C=O) groups is 1. The summed E-state index contributed by atoms with van der Waals surface area (Å²) in [4.78, 5) is 15.7. The van der Waals surface area contributed by atoms with Crippen LogP contribution in [0.3, 0.4) is 0 Å². The molecule has 0 N–H and O–H groups in total. The summed E-state index contributed by atoms with van der Waals surface area (Å²) in [5.74, 6) is 1.77. The molecular weight excluding hydrogens is 342 g/mol. The quantitative estimate of drug-likeness (QED) is 0.823. The summed E-state index contributed by atoms with van der Waals surface area (Å²) in [6, 6.07) is 12.2. The van der Waals surface area contributed by atoms with E-state index in [2.05, 4.69) is 12.1 Å². The number of carbonyl (C=O) groups excluding carboxylic acids is 1. The lowest BCUT2D eigenvalue weighted by Crippen LogP contribution is -2.45. The largest absolute Gasteiger partial charge is 0.493 e. The van der Waals surface area contributed by atoms with Gasteiger partial charge in [-0.1, -0.05) is 18.2 Å². The molecule has 1 amide bonds. The molecule has 2 atom stereocenters. The van der Waals surface area contributed by atoms with Gasteiger partial charge in [-0.2, -0.15) is 0 Å². The number of nitrogens with zero attached hydrogens (tertiary/aromatic N) is 1. The number of ether oxygens (including phenoxy) is 3.